The standard InChI is InChI=1S/C13H19NO2/c1-9(8-15-2)16-13-5-3-4-10-11(13)6-7-12(10)14/h3-5,9,12H,6-8,14H2,1-2H3. The van der Waals surface area contributed by atoms with Crippen molar-refractivity contribution in [3.05, 3.63) is 29.3 Å². The van der Waals surface area contributed by atoms with Gasteiger partial charge in [-0.05, 0) is 37.0 Å². The summed E-state index contributed by atoms with van der Waals surface area (Å²) in [5.41, 5.74) is 8.54. The molecule has 3 heteroatoms. The molecule has 1 aromatic rings. The van der Waals surface area contributed by atoms with E-state index in [0.717, 1.165) is 18.6 Å². The second-order valence-electron chi connectivity index (χ2n) is 4.35. The Morgan fingerprint density at radius 1 is 1.50 bits per heavy atom. The van der Waals surface area contributed by atoms with E-state index in [0.29, 0.717) is 6.61 Å². The van der Waals surface area contributed by atoms with Gasteiger partial charge in [0.15, 0.2) is 0 Å². The maximum Gasteiger partial charge on any atom is 0.123 e. The van der Waals surface area contributed by atoms with Gasteiger partial charge in [0.05, 0.1) is 6.61 Å². The van der Waals surface area contributed by atoms with Gasteiger partial charge in [-0.25, -0.2) is 0 Å². The van der Waals surface area contributed by atoms with E-state index in [1.165, 1.54) is 11.1 Å². The largest absolute Gasteiger partial charge is 0.488 e. The van der Waals surface area contributed by atoms with Crippen LogP contribution in [0.2, 0.25) is 0 Å². The second kappa shape index (κ2) is 4.85. The number of hydrogen-bond donors (Lipinski definition) is 1. The number of rotatable bonds is 4. The second-order valence-corrected chi connectivity index (χ2v) is 4.35. The van der Waals surface area contributed by atoms with Gasteiger partial charge in [0, 0.05) is 13.2 Å². The predicted molar refractivity (Wildman–Crippen MR) is 63.7 cm³/mol. The summed E-state index contributed by atoms with van der Waals surface area (Å²) < 4.78 is 10.9. The van der Waals surface area contributed by atoms with E-state index in [1.807, 2.05) is 19.1 Å². The summed E-state index contributed by atoms with van der Waals surface area (Å²) >= 11 is 0. The van der Waals surface area contributed by atoms with Crippen LogP contribution in [0.25, 0.3) is 0 Å². The van der Waals surface area contributed by atoms with E-state index in [4.69, 9.17) is 15.2 Å². The minimum absolute atomic E-state index is 0.0772. The normalized spacial score (nSPS) is 20.6. The number of nitrogens with two attached hydrogens (primary N) is 1. The highest BCUT2D eigenvalue weighted by Gasteiger charge is 2.22. The lowest BCUT2D eigenvalue weighted by molar-refractivity contribution is 0.0915. The van der Waals surface area contributed by atoms with Crippen LogP contribution in [0.4, 0.5) is 0 Å². The zero-order valence-electron chi connectivity index (χ0n) is 9.90. The smallest absolute Gasteiger partial charge is 0.123 e. The van der Waals surface area contributed by atoms with Crippen molar-refractivity contribution in [1.82, 2.24) is 0 Å². The highest BCUT2D eigenvalue weighted by atomic mass is 16.5. The summed E-state index contributed by atoms with van der Waals surface area (Å²) in [5.74, 6) is 0.968. The first kappa shape index (κ1) is 11.4. The van der Waals surface area contributed by atoms with Gasteiger partial charge < -0.3 is 15.2 Å². The Morgan fingerprint density at radius 3 is 3.06 bits per heavy atom. The third kappa shape index (κ3) is 2.20. The Hall–Kier alpha value is -1.06. The third-order valence-corrected chi connectivity index (χ3v) is 3.00. The molecule has 0 bridgehead atoms. The van der Waals surface area contributed by atoms with Gasteiger partial charge in [-0.15, -0.1) is 0 Å². The molecule has 2 N–H and O–H groups in total. The van der Waals surface area contributed by atoms with Crippen molar-refractivity contribution in [3.63, 3.8) is 0 Å². The molecule has 16 heavy (non-hydrogen) atoms. The van der Waals surface area contributed by atoms with Gasteiger partial charge in [-0.1, -0.05) is 12.1 Å². The molecule has 2 rings (SSSR count). The Balaban J connectivity index is 2.16. The van der Waals surface area contributed by atoms with Crippen molar-refractivity contribution in [2.75, 3.05) is 13.7 Å². The van der Waals surface area contributed by atoms with Gasteiger partial charge in [0.25, 0.3) is 0 Å². The van der Waals surface area contributed by atoms with Gasteiger partial charge in [0.2, 0.25) is 0 Å². The molecule has 1 aromatic carbocycles. The zero-order chi connectivity index (χ0) is 11.5. The molecule has 0 fully saturated rings. The van der Waals surface area contributed by atoms with E-state index in [9.17, 15) is 0 Å². The van der Waals surface area contributed by atoms with E-state index >= 15 is 0 Å². The summed E-state index contributed by atoms with van der Waals surface area (Å²) in [5, 5.41) is 0. The van der Waals surface area contributed by atoms with Crippen LogP contribution in [0.5, 0.6) is 5.75 Å². The summed E-state index contributed by atoms with van der Waals surface area (Å²) in [4.78, 5) is 0. The molecule has 1 aliphatic rings. The number of benzene rings is 1. The average Bonchev–Trinajstić information content (AvgIpc) is 2.62. The average molecular weight is 221 g/mol. The number of methoxy groups -OCH3 is 1. The molecule has 0 heterocycles. The quantitative estimate of drug-likeness (QED) is 0.846. The molecule has 88 valence electrons. The van der Waals surface area contributed by atoms with E-state index < -0.39 is 0 Å². The van der Waals surface area contributed by atoms with E-state index in [-0.39, 0.29) is 12.1 Å². The van der Waals surface area contributed by atoms with Crippen molar-refractivity contribution in [2.24, 2.45) is 5.73 Å². The number of ether oxygens (including phenoxy) is 2. The van der Waals surface area contributed by atoms with Crippen LogP contribution in [0.15, 0.2) is 18.2 Å². The summed E-state index contributed by atoms with van der Waals surface area (Å²) in [6.45, 7) is 2.62. The maximum atomic E-state index is 6.02. The molecule has 0 saturated carbocycles. The monoisotopic (exact) mass is 221 g/mol. The maximum absolute atomic E-state index is 6.02. The van der Waals surface area contributed by atoms with Gasteiger partial charge in [-0.3, -0.25) is 0 Å². The van der Waals surface area contributed by atoms with Crippen molar-refractivity contribution in [2.45, 2.75) is 31.9 Å². The minimum atomic E-state index is 0.0772. The molecule has 3 nitrogen and oxygen atoms in total. The van der Waals surface area contributed by atoms with Crippen LogP contribution < -0.4 is 10.5 Å². The Labute approximate surface area is 96.5 Å². The predicted octanol–water partition coefficient (Wildman–Crippen LogP) is 2.05. The van der Waals surface area contributed by atoms with Gasteiger partial charge in [0.1, 0.15) is 11.9 Å². The Morgan fingerprint density at radius 2 is 2.31 bits per heavy atom. The van der Waals surface area contributed by atoms with Crippen LogP contribution in [0.3, 0.4) is 0 Å². The fourth-order valence-corrected chi connectivity index (χ4v) is 2.25. The number of hydrogen-bond acceptors (Lipinski definition) is 3. The molecule has 0 radical (unpaired) electrons. The molecule has 0 spiro atoms. The molecular weight excluding hydrogens is 202 g/mol. The lowest BCUT2D eigenvalue weighted by Gasteiger charge is -2.16. The van der Waals surface area contributed by atoms with Gasteiger partial charge >= 0.3 is 0 Å². The number of fused-ring (bicyclic) bond motifs is 1. The zero-order valence-corrected chi connectivity index (χ0v) is 9.90. The lowest BCUT2D eigenvalue weighted by Crippen LogP contribution is -2.18. The molecule has 0 amide bonds. The molecule has 0 aliphatic heterocycles. The first-order chi connectivity index (χ1) is 7.72. The first-order valence-electron chi connectivity index (χ1n) is 5.75. The van der Waals surface area contributed by atoms with Crippen LogP contribution in [-0.4, -0.2) is 19.8 Å². The van der Waals surface area contributed by atoms with Crippen molar-refractivity contribution >= 4 is 0 Å². The molecule has 0 saturated heterocycles. The van der Waals surface area contributed by atoms with Crippen molar-refractivity contribution < 1.29 is 9.47 Å². The molecule has 1 aliphatic carbocycles. The summed E-state index contributed by atoms with van der Waals surface area (Å²) in [7, 11) is 1.69. The first-order valence-corrected chi connectivity index (χ1v) is 5.75. The van der Waals surface area contributed by atoms with E-state index in [1.54, 1.807) is 7.11 Å². The molecule has 2 atom stereocenters. The van der Waals surface area contributed by atoms with Crippen molar-refractivity contribution in [3.8, 4) is 5.75 Å². The van der Waals surface area contributed by atoms with Gasteiger partial charge in [-0.2, -0.15) is 0 Å². The van der Waals surface area contributed by atoms with E-state index in [2.05, 4.69) is 6.07 Å². The van der Waals surface area contributed by atoms with Crippen molar-refractivity contribution in [1.29, 1.82) is 0 Å². The highest BCUT2D eigenvalue weighted by Crippen LogP contribution is 2.35. The molecular formula is C13H19NO2. The minimum Gasteiger partial charge on any atom is -0.488 e. The van der Waals surface area contributed by atoms with Crippen LogP contribution in [0, 0.1) is 0 Å². The summed E-state index contributed by atoms with van der Waals surface area (Å²) in [6, 6.07) is 6.30. The van der Waals surface area contributed by atoms with Crippen LogP contribution >= 0.6 is 0 Å². The van der Waals surface area contributed by atoms with Crippen LogP contribution in [-0.2, 0) is 11.2 Å². The highest BCUT2D eigenvalue weighted by molar-refractivity contribution is 5.45. The fourth-order valence-electron chi connectivity index (χ4n) is 2.25. The molecule has 0 aromatic heterocycles. The Bertz CT molecular complexity index is 365. The third-order valence-electron chi connectivity index (χ3n) is 3.00. The Kier molecular flexibility index (Phi) is 3.46. The fraction of sp³-hybridized carbons (Fsp3) is 0.538. The van der Waals surface area contributed by atoms with Crippen LogP contribution in [0.1, 0.15) is 30.5 Å². The SMILES string of the molecule is COCC(C)Oc1cccc2c1CCC2N. The topological polar surface area (TPSA) is 44.5 Å². The lowest BCUT2D eigenvalue weighted by atomic mass is 10.1. The summed E-state index contributed by atoms with van der Waals surface area (Å²) in [6.07, 6.45) is 2.12. The molecule has 2 unspecified atom stereocenters.